The van der Waals surface area contributed by atoms with Crippen LogP contribution in [0, 0.1) is 11.8 Å². The number of nitrogens with one attached hydrogen (secondary N) is 1. The Labute approximate surface area is 162 Å². The van der Waals surface area contributed by atoms with Crippen molar-refractivity contribution in [2.75, 3.05) is 26.2 Å². The van der Waals surface area contributed by atoms with Gasteiger partial charge in [-0.25, -0.2) is 13.1 Å². The predicted octanol–water partition coefficient (Wildman–Crippen LogP) is 3.42. The number of likely N-dealkylation sites (tertiary alicyclic amines) is 1. The van der Waals surface area contributed by atoms with Crippen LogP contribution in [0.5, 0.6) is 0 Å². The van der Waals surface area contributed by atoms with Crippen LogP contribution in [0.3, 0.4) is 0 Å². The Kier molecular flexibility index (Phi) is 5.76. The first-order valence-electron chi connectivity index (χ1n) is 10.2. The van der Waals surface area contributed by atoms with Gasteiger partial charge < -0.3 is 4.90 Å². The number of benzene rings is 1. The second kappa shape index (κ2) is 8.25. The number of nitrogens with zero attached hydrogens (tertiary/aromatic N) is 2. The van der Waals surface area contributed by atoms with Crippen molar-refractivity contribution in [3.63, 3.8) is 0 Å². The highest BCUT2D eigenvalue weighted by atomic mass is 32.2. The number of hydrogen-bond acceptors (Lipinski definition) is 4. The molecule has 0 amide bonds. The largest absolute Gasteiger partial charge is 0.303 e. The van der Waals surface area contributed by atoms with E-state index in [0.717, 1.165) is 35.7 Å². The highest BCUT2D eigenvalue weighted by molar-refractivity contribution is 7.89. The zero-order valence-corrected chi connectivity index (χ0v) is 16.6. The fourth-order valence-electron chi connectivity index (χ4n) is 4.69. The van der Waals surface area contributed by atoms with E-state index < -0.39 is 10.0 Å². The highest BCUT2D eigenvalue weighted by Gasteiger charge is 2.30. The molecule has 1 aromatic carbocycles. The minimum atomic E-state index is -3.47. The zero-order chi connectivity index (χ0) is 18.7. The molecule has 1 aliphatic heterocycles. The maximum Gasteiger partial charge on any atom is 0.240 e. The van der Waals surface area contributed by atoms with E-state index in [2.05, 4.69) is 14.6 Å². The molecule has 0 spiro atoms. The molecular weight excluding hydrogens is 358 g/mol. The van der Waals surface area contributed by atoms with Gasteiger partial charge in [0, 0.05) is 24.7 Å². The third kappa shape index (κ3) is 4.50. The fraction of sp³-hybridized carbons (Fsp3) is 0.571. The van der Waals surface area contributed by atoms with Gasteiger partial charge >= 0.3 is 0 Å². The maximum absolute atomic E-state index is 12.6. The monoisotopic (exact) mass is 387 g/mol. The Bertz CT molecular complexity index is 884. The van der Waals surface area contributed by atoms with Crippen LogP contribution in [0.2, 0.25) is 0 Å². The molecule has 2 unspecified atom stereocenters. The summed E-state index contributed by atoms with van der Waals surface area (Å²) < 4.78 is 27.9. The van der Waals surface area contributed by atoms with Crippen LogP contribution in [-0.4, -0.2) is 44.5 Å². The van der Waals surface area contributed by atoms with E-state index in [1.54, 1.807) is 24.4 Å². The molecule has 146 valence electrons. The lowest BCUT2D eigenvalue weighted by Gasteiger charge is -2.41. The van der Waals surface area contributed by atoms with E-state index in [9.17, 15) is 8.42 Å². The molecule has 1 aromatic heterocycles. The van der Waals surface area contributed by atoms with Gasteiger partial charge in [0.05, 0.1) is 10.4 Å². The van der Waals surface area contributed by atoms with Crippen LogP contribution in [0.15, 0.2) is 41.4 Å². The summed E-state index contributed by atoms with van der Waals surface area (Å²) in [6.07, 6.45) is 9.48. The molecule has 2 fully saturated rings. The molecule has 1 N–H and O–H groups in total. The van der Waals surface area contributed by atoms with Gasteiger partial charge in [-0.2, -0.15) is 0 Å². The number of aromatic nitrogens is 1. The van der Waals surface area contributed by atoms with E-state index in [1.165, 1.54) is 45.2 Å². The van der Waals surface area contributed by atoms with Gasteiger partial charge in [0.25, 0.3) is 0 Å². The Balaban J connectivity index is 1.27. The zero-order valence-electron chi connectivity index (χ0n) is 15.8. The first-order valence-corrected chi connectivity index (χ1v) is 11.7. The Hall–Kier alpha value is -1.50. The normalized spacial score (nSPS) is 24.0. The minimum absolute atomic E-state index is 0.311. The van der Waals surface area contributed by atoms with Gasteiger partial charge in [-0.15, -0.1) is 0 Å². The third-order valence-corrected chi connectivity index (χ3v) is 7.66. The SMILES string of the molecule is O=S(=O)(NCCCN1CCC2CCCCC2C1)c1ccc2ncccc2c1. The summed E-state index contributed by atoms with van der Waals surface area (Å²) in [5.74, 6) is 1.81. The second-order valence-corrected chi connectivity index (χ2v) is 9.77. The Morgan fingerprint density at radius 2 is 1.96 bits per heavy atom. The van der Waals surface area contributed by atoms with Gasteiger partial charge in [-0.3, -0.25) is 4.98 Å². The van der Waals surface area contributed by atoms with Gasteiger partial charge in [0.2, 0.25) is 10.0 Å². The summed E-state index contributed by atoms with van der Waals surface area (Å²) in [5.41, 5.74) is 0.808. The predicted molar refractivity (Wildman–Crippen MR) is 108 cm³/mol. The van der Waals surface area contributed by atoms with Crippen LogP contribution in [0.4, 0.5) is 0 Å². The minimum Gasteiger partial charge on any atom is -0.303 e. The van der Waals surface area contributed by atoms with Crippen molar-refractivity contribution in [1.82, 2.24) is 14.6 Å². The van der Waals surface area contributed by atoms with E-state index in [0.29, 0.717) is 11.4 Å². The van der Waals surface area contributed by atoms with Crippen molar-refractivity contribution in [1.29, 1.82) is 0 Å². The maximum atomic E-state index is 12.6. The molecule has 4 rings (SSSR count). The van der Waals surface area contributed by atoms with Crippen molar-refractivity contribution in [3.8, 4) is 0 Å². The number of hydrogen-bond donors (Lipinski definition) is 1. The summed E-state index contributed by atoms with van der Waals surface area (Å²) >= 11 is 0. The Morgan fingerprint density at radius 3 is 2.85 bits per heavy atom. The molecular formula is C21H29N3O2S. The molecule has 0 radical (unpaired) electrons. The average Bonchev–Trinajstić information content (AvgIpc) is 2.71. The quantitative estimate of drug-likeness (QED) is 0.772. The lowest BCUT2D eigenvalue weighted by molar-refractivity contribution is 0.0864. The van der Waals surface area contributed by atoms with Gasteiger partial charge in [0.1, 0.15) is 0 Å². The first kappa shape index (κ1) is 18.8. The van der Waals surface area contributed by atoms with Crippen molar-refractivity contribution < 1.29 is 8.42 Å². The van der Waals surface area contributed by atoms with Crippen LogP contribution >= 0.6 is 0 Å². The number of pyridine rings is 1. The molecule has 2 heterocycles. The summed E-state index contributed by atoms with van der Waals surface area (Å²) in [7, 11) is -3.47. The first-order chi connectivity index (χ1) is 13.1. The van der Waals surface area contributed by atoms with Crippen LogP contribution in [0.25, 0.3) is 10.9 Å². The average molecular weight is 388 g/mol. The van der Waals surface area contributed by atoms with E-state index >= 15 is 0 Å². The molecule has 27 heavy (non-hydrogen) atoms. The van der Waals surface area contributed by atoms with Crippen molar-refractivity contribution >= 4 is 20.9 Å². The number of piperidine rings is 1. The highest BCUT2D eigenvalue weighted by Crippen LogP contribution is 2.35. The number of fused-ring (bicyclic) bond motifs is 2. The summed E-state index contributed by atoms with van der Waals surface area (Å²) in [5, 5.41) is 0.843. The molecule has 6 heteroatoms. The lowest BCUT2D eigenvalue weighted by Crippen LogP contribution is -2.42. The second-order valence-electron chi connectivity index (χ2n) is 8.00. The summed E-state index contributed by atoms with van der Waals surface area (Å²) in [6.45, 7) is 3.84. The van der Waals surface area contributed by atoms with E-state index in [1.807, 2.05) is 12.1 Å². The van der Waals surface area contributed by atoms with Crippen molar-refractivity contribution in [3.05, 3.63) is 36.5 Å². The van der Waals surface area contributed by atoms with Gasteiger partial charge in [-0.1, -0.05) is 25.3 Å². The molecule has 1 saturated heterocycles. The summed E-state index contributed by atoms with van der Waals surface area (Å²) in [4.78, 5) is 7.08. The third-order valence-electron chi connectivity index (χ3n) is 6.20. The molecule has 5 nitrogen and oxygen atoms in total. The van der Waals surface area contributed by atoms with Gasteiger partial charge in [-0.05, 0) is 68.5 Å². The molecule has 1 saturated carbocycles. The molecule has 1 aliphatic carbocycles. The number of sulfonamides is 1. The molecule has 2 aliphatic rings. The van der Waals surface area contributed by atoms with Gasteiger partial charge in [0.15, 0.2) is 0 Å². The Morgan fingerprint density at radius 1 is 1.11 bits per heavy atom. The standard InChI is InChI=1S/C21H29N3O2S/c25-27(26,20-8-9-21-18(15-20)7-3-11-22-21)23-12-4-13-24-14-10-17-5-1-2-6-19(17)16-24/h3,7-9,11,15,17,19,23H,1-2,4-6,10,12-14,16H2. The van der Waals surface area contributed by atoms with E-state index in [-0.39, 0.29) is 0 Å². The van der Waals surface area contributed by atoms with Crippen LogP contribution < -0.4 is 4.72 Å². The number of rotatable bonds is 6. The summed E-state index contributed by atoms with van der Waals surface area (Å²) in [6, 6.07) is 8.79. The van der Waals surface area contributed by atoms with E-state index in [4.69, 9.17) is 0 Å². The molecule has 2 aromatic rings. The lowest BCUT2D eigenvalue weighted by atomic mass is 9.75. The molecule has 2 atom stereocenters. The van der Waals surface area contributed by atoms with Crippen LogP contribution in [0.1, 0.15) is 38.5 Å². The van der Waals surface area contributed by atoms with Crippen molar-refractivity contribution in [2.24, 2.45) is 11.8 Å². The smallest absolute Gasteiger partial charge is 0.240 e. The molecule has 0 bridgehead atoms. The van der Waals surface area contributed by atoms with Crippen molar-refractivity contribution in [2.45, 2.75) is 43.4 Å². The van der Waals surface area contributed by atoms with Crippen LogP contribution in [-0.2, 0) is 10.0 Å². The fourth-order valence-corrected chi connectivity index (χ4v) is 5.80. The topological polar surface area (TPSA) is 62.3 Å².